The Balaban J connectivity index is 3.08. The molecule has 174 valence electrons. The van der Waals surface area contributed by atoms with Crippen LogP contribution in [0.25, 0.3) is 0 Å². The Morgan fingerprint density at radius 1 is 0.938 bits per heavy atom. The first kappa shape index (κ1) is 25.6. The molecular weight excluding hydrogens is 540 g/mol. The zero-order valence-electron chi connectivity index (χ0n) is 15.7. The van der Waals surface area contributed by atoms with Gasteiger partial charge in [0.1, 0.15) is 5.69 Å². The lowest BCUT2D eigenvalue weighted by Crippen LogP contribution is -2.26. The van der Waals surface area contributed by atoms with E-state index in [2.05, 4.69) is 15.9 Å². The highest BCUT2D eigenvalue weighted by atomic mass is 79.9. The number of hydrogen-bond donors (Lipinski definition) is 0. The summed E-state index contributed by atoms with van der Waals surface area (Å²) in [6, 6.07) is 1.76. The normalized spacial score (nSPS) is 12.0. The van der Waals surface area contributed by atoms with Crippen LogP contribution in [0.2, 0.25) is 5.02 Å². The van der Waals surface area contributed by atoms with Crippen molar-refractivity contribution >= 4 is 50.3 Å². The molecule has 0 amide bonds. The summed E-state index contributed by atoms with van der Waals surface area (Å²) >= 11 is 8.53. The number of non-ortho nitro benzene ring substituents is 1. The fourth-order valence-corrected chi connectivity index (χ4v) is 3.99. The summed E-state index contributed by atoms with van der Waals surface area (Å²) < 4.78 is 82.3. The van der Waals surface area contributed by atoms with E-state index in [9.17, 15) is 46.6 Å². The van der Waals surface area contributed by atoms with Gasteiger partial charge in [0.2, 0.25) is 0 Å². The molecule has 2 aromatic rings. The fourth-order valence-electron chi connectivity index (χ4n) is 2.96. The van der Waals surface area contributed by atoms with Crippen LogP contribution in [-0.2, 0) is 12.4 Å². The minimum absolute atomic E-state index is 0.0300. The Hall–Kier alpha value is -2.61. The lowest BCUT2D eigenvalue weighted by atomic mass is 10.0. The Bertz CT molecular complexity index is 1080. The zero-order chi connectivity index (χ0) is 24.6. The van der Waals surface area contributed by atoms with Gasteiger partial charge in [-0.2, -0.15) is 26.3 Å². The molecule has 0 bridgehead atoms. The van der Waals surface area contributed by atoms with Crippen molar-refractivity contribution in [2.75, 3.05) is 11.4 Å². The van der Waals surface area contributed by atoms with Gasteiger partial charge in [-0.3, -0.25) is 20.2 Å². The molecule has 0 saturated heterocycles. The van der Waals surface area contributed by atoms with E-state index in [0.717, 1.165) is 6.07 Å². The summed E-state index contributed by atoms with van der Waals surface area (Å²) in [5, 5.41) is 22.2. The maximum absolute atomic E-state index is 13.8. The second-order valence-corrected chi connectivity index (χ2v) is 7.60. The predicted molar refractivity (Wildman–Crippen MR) is 106 cm³/mol. The first-order valence-corrected chi connectivity index (χ1v) is 9.64. The molecule has 0 aliphatic carbocycles. The number of halogens is 8. The molecule has 0 N–H and O–H groups in total. The van der Waals surface area contributed by atoms with Crippen LogP contribution >= 0.6 is 27.5 Å². The lowest BCUT2D eigenvalue weighted by molar-refractivity contribution is -0.394. The minimum Gasteiger partial charge on any atom is -0.334 e. The van der Waals surface area contributed by atoms with E-state index in [1.165, 1.54) is 6.92 Å². The molecule has 0 fully saturated rings. The van der Waals surface area contributed by atoms with E-state index in [0.29, 0.717) is 11.0 Å². The largest absolute Gasteiger partial charge is 0.418 e. The number of nitro benzene ring substituents is 2. The number of nitrogens with zero attached hydrogens (tertiary/aromatic N) is 3. The van der Waals surface area contributed by atoms with Gasteiger partial charge in [-0.25, -0.2) is 0 Å². The SMILES string of the molecule is CCCN(c1c(Br)cc(Cl)cc1C(F)(F)F)c1c([N+](=O)[O-])cc([N+](=O)[O-])cc1C(F)(F)F. The van der Waals surface area contributed by atoms with Crippen molar-refractivity contribution in [2.24, 2.45) is 0 Å². The minimum atomic E-state index is -5.37. The number of hydrogen-bond acceptors (Lipinski definition) is 5. The van der Waals surface area contributed by atoms with Gasteiger partial charge in [-0.1, -0.05) is 18.5 Å². The molecule has 0 aliphatic heterocycles. The van der Waals surface area contributed by atoms with Crippen molar-refractivity contribution in [3.05, 3.63) is 65.1 Å². The number of nitro groups is 2. The molecule has 0 radical (unpaired) electrons. The van der Waals surface area contributed by atoms with Crippen LogP contribution in [0.3, 0.4) is 0 Å². The smallest absolute Gasteiger partial charge is 0.334 e. The number of alkyl halides is 6. The Labute approximate surface area is 189 Å². The summed E-state index contributed by atoms with van der Waals surface area (Å²) in [4.78, 5) is 20.5. The molecule has 0 unspecified atom stereocenters. The average Bonchev–Trinajstić information content (AvgIpc) is 2.63. The van der Waals surface area contributed by atoms with Crippen LogP contribution in [0.4, 0.5) is 49.1 Å². The third-order valence-corrected chi connectivity index (χ3v) is 4.93. The monoisotopic (exact) mass is 549 g/mol. The predicted octanol–water partition coefficient (Wildman–Crippen LogP) is 7.50. The van der Waals surface area contributed by atoms with E-state index in [1.54, 1.807) is 0 Å². The first-order chi connectivity index (χ1) is 14.6. The molecule has 2 aromatic carbocycles. The van der Waals surface area contributed by atoms with Gasteiger partial charge in [0.05, 0.1) is 32.7 Å². The quantitative estimate of drug-likeness (QED) is 0.211. The molecule has 0 spiro atoms. The standard InChI is InChI=1S/C17H11BrClF6N3O4/c1-2-3-26(14-10(16(20,21)22)4-8(19)5-12(14)18)15-11(17(23,24)25)6-9(27(29)30)7-13(15)28(31)32/h4-7H,2-3H2,1H3. The van der Waals surface area contributed by atoms with Gasteiger partial charge in [-0.05, 0) is 34.5 Å². The number of benzene rings is 2. The second kappa shape index (κ2) is 9.10. The van der Waals surface area contributed by atoms with E-state index in [4.69, 9.17) is 11.6 Å². The molecule has 0 aliphatic rings. The second-order valence-electron chi connectivity index (χ2n) is 6.31. The Morgan fingerprint density at radius 2 is 1.47 bits per heavy atom. The number of rotatable bonds is 6. The van der Waals surface area contributed by atoms with Crippen LogP contribution in [-0.4, -0.2) is 16.4 Å². The molecule has 7 nitrogen and oxygen atoms in total. The molecule has 0 heterocycles. The van der Waals surface area contributed by atoms with Gasteiger partial charge in [0.15, 0.2) is 0 Å². The van der Waals surface area contributed by atoms with E-state index in [-0.39, 0.29) is 23.0 Å². The summed E-state index contributed by atoms with van der Waals surface area (Å²) in [6.45, 7) is 0.902. The Kier molecular flexibility index (Phi) is 7.29. The van der Waals surface area contributed by atoms with Crippen molar-refractivity contribution in [3.63, 3.8) is 0 Å². The van der Waals surface area contributed by atoms with E-state index < -0.39 is 67.6 Å². The summed E-state index contributed by atoms with van der Waals surface area (Å²) in [5.41, 5.74) is -8.02. The lowest BCUT2D eigenvalue weighted by Gasteiger charge is -2.30. The van der Waals surface area contributed by atoms with Gasteiger partial charge >= 0.3 is 12.4 Å². The van der Waals surface area contributed by atoms with Gasteiger partial charge in [0, 0.05) is 22.1 Å². The van der Waals surface area contributed by atoms with Crippen LogP contribution < -0.4 is 4.90 Å². The molecule has 0 aromatic heterocycles. The summed E-state index contributed by atoms with van der Waals surface area (Å²) in [6.07, 6.45) is -10.5. The Morgan fingerprint density at radius 3 is 1.91 bits per heavy atom. The maximum atomic E-state index is 13.8. The summed E-state index contributed by atoms with van der Waals surface area (Å²) in [5.74, 6) is 0. The van der Waals surface area contributed by atoms with Crippen LogP contribution in [0, 0.1) is 20.2 Å². The third-order valence-electron chi connectivity index (χ3n) is 4.11. The van der Waals surface area contributed by atoms with Crippen LogP contribution in [0.15, 0.2) is 28.7 Å². The summed E-state index contributed by atoms with van der Waals surface area (Å²) in [7, 11) is 0. The van der Waals surface area contributed by atoms with E-state index in [1.807, 2.05) is 0 Å². The van der Waals surface area contributed by atoms with Crippen molar-refractivity contribution < 1.29 is 36.2 Å². The highest BCUT2D eigenvalue weighted by Gasteiger charge is 2.44. The third kappa shape index (κ3) is 5.23. The number of anilines is 2. The molecular formula is C17H11BrClF6N3O4. The highest BCUT2D eigenvalue weighted by molar-refractivity contribution is 9.10. The average molecular weight is 551 g/mol. The molecule has 2 rings (SSSR count). The molecule has 15 heteroatoms. The van der Waals surface area contributed by atoms with Crippen molar-refractivity contribution in [2.45, 2.75) is 25.7 Å². The van der Waals surface area contributed by atoms with Crippen LogP contribution in [0.1, 0.15) is 24.5 Å². The van der Waals surface area contributed by atoms with Crippen molar-refractivity contribution in [1.29, 1.82) is 0 Å². The van der Waals surface area contributed by atoms with Gasteiger partial charge in [-0.15, -0.1) is 0 Å². The van der Waals surface area contributed by atoms with Gasteiger partial charge in [0.25, 0.3) is 11.4 Å². The van der Waals surface area contributed by atoms with E-state index >= 15 is 0 Å². The fraction of sp³-hybridized carbons (Fsp3) is 0.294. The highest BCUT2D eigenvalue weighted by Crippen LogP contribution is 2.51. The van der Waals surface area contributed by atoms with Crippen LogP contribution in [0.5, 0.6) is 0 Å². The maximum Gasteiger partial charge on any atom is 0.418 e. The molecule has 32 heavy (non-hydrogen) atoms. The van der Waals surface area contributed by atoms with Crippen molar-refractivity contribution in [1.82, 2.24) is 0 Å². The van der Waals surface area contributed by atoms with Crippen molar-refractivity contribution in [3.8, 4) is 0 Å². The molecule has 0 saturated carbocycles. The first-order valence-electron chi connectivity index (χ1n) is 8.47. The molecule has 0 atom stereocenters. The van der Waals surface area contributed by atoms with Gasteiger partial charge < -0.3 is 4.90 Å². The zero-order valence-corrected chi connectivity index (χ0v) is 18.1. The topological polar surface area (TPSA) is 89.5 Å².